The number of aromatic nitrogens is 1. The molecular formula is C11H16N2O2S. The zero-order chi connectivity index (χ0) is 12.0. The van der Waals surface area contributed by atoms with E-state index in [2.05, 4.69) is 12.2 Å². The Kier molecular flexibility index (Phi) is 4.98. The minimum absolute atomic E-state index is 0.100. The van der Waals surface area contributed by atoms with E-state index in [1.807, 2.05) is 0 Å². The van der Waals surface area contributed by atoms with Crippen molar-refractivity contribution >= 4 is 23.9 Å². The Hall–Kier alpha value is -1.36. The van der Waals surface area contributed by atoms with E-state index in [1.165, 1.54) is 0 Å². The maximum Gasteiger partial charge on any atom is 0.225 e. The Morgan fingerprint density at radius 3 is 2.94 bits per heavy atom. The van der Waals surface area contributed by atoms with Gasteiger partial charge in [-0.3, -0.25) is 4.79 Å². The van der Waals surface area contributed by atoms with E-state index in [-0.39, 0.29) is 10.5 Å². The summed E-state index contributed by atoms with van der Waals surface area (Å²) in [7, 11) is 0. The lowest BCUT2D eigenvalue weighted by Crippen LogP contribution is -2.15. The van der Waals surface area contributed by atoms with Crippen molar-refractivity contribution < 1.29 is 10.0 Å². The smallest absolute Gasteiger partial charge is 0.225 e. The molecule has 0 atom stereocenters. The summed E-state index contributed by atoms with van der Waals surface area (Å²) in [5, 5.41) is 12.1. The molecule has 1 amide bonds. The van der Waals surface area contributed by atoms with Gasteiger partial charge < -0.3 is 10.5 Å². The van der Waals surface area contributed by atoms with E-state index < -0.39 is 0 Å². The molecule has 0 spiro atoms. The van der Waals surface area contributed by atoms with Gasteiger partial charge in [0, 0.05) is 6.42 Å². The molecule has 0 aliphatic carbocycles. The van der Waals surface area contributed by atoms with Crippen LogP contribution in [0.3, 0.4) is 0 Å². The number of unbranched alkanes of at least 4 members (excludes halogenated alkanes) is 2. The zero-order valence-corrected chi connectivity index (χ0v) is 10.1. The molecule has 0 aromatic carbocycles. The van der Waals surface area contributed by atoms with Crippen LogP contribution in [0, 0.1) is 4.64 Å². The molecule has 88 valence electrons. The van der Waals surface area contributed by atoms with Crippen molar-refractivity contribution in [2.75, 3.05) is 5.32 Å². The fourth-order valence-electron chi connectivity index (χ4n) is 1.32. The van der Waals surface area contributed by atoms with Gasteiger partial charge in [-0.2, -0.15) is 4.73 Å². The number of nitrogens with zero attached hydrogens (tertiary/aromatic N) is 1. The van der Waals surface area contributed by atoms with E-state index in [0.717, 1.165) is 24.0 Å². The molecule has 1 aromatic rings. The lowest BCUT2D eigenvalue weighted by atomic mass is 10.2. The largest absolute Gasteiger partial charge is 0.426 e. The molecule has 0 radical (unpaired) electrons. The van der Waals surface area contributed by atoms with Gasteiger partial charge in [0.15, 0.2) is 0 Å². The van der Waals surface area contributed by atoms with Crippen molar-refractivity contribution in [3.05, 3.63) is 22.8 Å². The number of rotatable bonds is 5. The van der Waals surface area contributed by atoms with E-state index in [9.17, 15) is 10.0 Å². The summed E-state index contributed by atoms with van der Waals surface area (Å²) in [4.78, 5) is 11.5. The molecule has 16 heavy (non-hydrogen) atoms. The van der Waals surface area contributed by atoms with E-state index in [4.69, 9.17) is 12.2 Å². The van der Waals surface area contributed by atoms with E-state index in [0.29, 0.717) is 12.2 Å². The molecule has 0 aliphatic rings. The second-order valence-corrected chi connectivity index (χ2v) is 3.98. The number of hydrogen-bond donors (Lipinski definition) is 2. The lowest BCUT2D eigenvalue weighted by molar-refractivity contribution is -0.116. The standard InChI is InChI=1S/C11H16N2O2S/c1-2-3-4-7-10(14)12-9-6-5-8-11(16)13(9)15/h5-6,8,15H,2-4,7H2,1H3,(H,12,14). The van der Waals surface area contributed by atoms with Gasteiger partial charge in [-0.1, -0.05) is 38.0 Å². The second-order valence-electron chi connectivity index (χ2n) is 3.57. The number of amides is 1. The molecule has 0 saturated carbocycles. The summed E-state index contributed by atoms with van der Waals surface area (Å²) in [5.41, 5.74) is 0. The first-order chi connectivity index (χ1) is 7.65. The Balaban J connectivity index is 2.56. The van der Waals surface area contributed by atoms with Gasteiger partial charge in [-0.25, -0.2) is 0 Å². The molecule has 0 fully saturated rings. The predicted octanol–water partition coefficient (Wildman–Crippen LogP) is 2.97. The van der Waals surface area contributed by atoms with Crippen molar-refractivity contribution in [3.8, 4) is 0 Å². The molecule has 0 saturated heterocycles. The summed E-state index contributed by atoms with van der Waals surface area (Å²) >= 11 is 4.86. The van der Waals surface area contributed by atoms with Gasteiger partial charge in [0.25, 0.3) is 0 Å². The van der Waals surface area contributed by atoms with Crippen LogP contribution in [0.2, 0.25) is 0 Å². The summed E-state index contributed by atoms with van der Waals surface area (Å²) < 4.78 is 1.07. The van der Waals surface area contributed by atoms with Gasteiger partial charge in [-0.05, 0) is 18.6 Å². The molecular weight excluding hydrogens is 224 g/mol. The van der Waals surface area contributed by atoms with Crippen LogP contribution in [-0.2, 0) is 4.79 Å². The monoisotopic (exact) mass is 240 g/mol. The molecule has 2 N–H and O–H groups in total. The minimum atomic E-state index is -0.100. The Labute approximate surface area is 99.9 Å². The summed E-state index contributed by atoms with van der Waals surface area (Å²) in [6.07, 6.45) is 3.44. The van der Waals surface area contributed by atoms with Gasteiger partial charge in [-0.15, -0.1) is 0 Å². The van der Waals surface area contributed by atoms with Crippen molar-refractivity contribution in [3.63, 3.8) is 0 Å². The van der Waals surface area contributed by atoms with Crippen LogP contribution in [0.4, 0.5) is 5.82 Å². The summed E-state index contributed by atoms with van der Waals surface area (Å²) in [5.74, 6) is 0.214. The highest BCUT2D eigenvalue weighted by atomic mass is 32.1. The van der Waals surface area contributed by atoms with Gasteiger partial charge >= 0.3 is 0 Å². The van der Waals surface area contributed by atoms with E-state index in [1.54, 1.807) is 18.2 Å². The molecule has 0 aliphatic heterocycles. The third-order valence-electron chi connectivity index (χ3n) is 2.20. The third-order valence-corrected chi connectivity index (χ3v) is 2.51. The minimum Gasteiger partial charge on any atom is -0.426 e. The zero-order valence-electron chi connectivity index (χ0n) is 9.27. The molecule has 4 nitrogen and oxygen atoms in total. The van der Waals surface area contributed by atoms with Crippen LogP contribution in [-0.4, -0.2) is 15.8 Å². The first-order valence-corrected chi connectivity index (χ1v) is 5.77. The number of anilines is 1. The van der Waals surface area contributed by atoms with E-state index >= 15 is 0 Å². The van der Waals surface area contributed by atoms with Gasteiger partial charge in [0.05, 0.1) is 0 Å². The van der Waals surface area contributed by atoms with Crippen LogP contribution in [0.5, 0.6) is 0 Å². The van der Waals surface area contributed by atoms with Crippen LogP contribution in [0.1, 0.15) is 32.6 Å². The Morgan fingerprint density at radius 2 is 2.25 bits per heavy atom. The maximum atomic E-state index is 11.5. The average molecular weight is 240 g/mol. The van der Waals surface area contributed by atoms with Crippen molar-refractivity contribution in [1.82, 2.24) is 4.73 Å². The summed E-state index contributed by atoms with van der Waals surface area (Å²) in [6.45, 7) is 2.08. The first-order valence-electron chi connectivity index (χ1n) is 5.36. The van der Waals surface area contributed by atoms with Gasteiger partial charge in [0.2, 0.25) is 5.91 Å². The molecule has 0 unspecified atom stereocenters. The quantitative estimate of drug-likeness (QED) is 0.472. The highest BCUT2D eigenvalue weighted by molar-refractivity contribution is 7.71. The fraction of sp³-hybridized carbons (Fsp3) is 0.455. The maximum absolute atomic E-state index is 11.5. The molecule has 1 aromatic heterocycles. The van der Waals surface area contributed by atoms with Crippen molar-refractivity contribution in [2.24, 2.45) is 0 Å². The fourth-order valence-corrected chi connectivity index (χ4v) is 1.49. The van der Waals surface area contributed by atoms with Crippen LogP contribution in [0.25, 0.3) is 0 Å². The molecule has 1 heterocycles. The van der Waals surface area contributed by atoms with Crippen molar-refractivity contribution in [2.45, 2.75) is 32.6 Å². The second kappa shape index (κ2) is 6.27. The Bertz CT molecular complexity index is 415. The predicted molar refractivity (Wildman–Crippen MR) is 65.2 cm³/mol. The number of pyridine rings is 1. The SMILES string of the molecule is CCCCCC(=O)Nc1cccc(=S)n1O. The number of nitrogens with one attached hydrogen (secondary N) is 1. The topological polar surface area (TPSA) is 54.3 Å². The molecule has 1 rings (SSSR count). The lowest BCUT2D eigenvalue weighted by Gasteiger charge is -2.08. The average Bonchev–Trinajstić information content (AvgIpc) is 2.25. The van der Waals surface area contributed by atoms with Gasteiger partial charge in [0.1, 0.15) is 10.5 Å². The molecule has 5 heteroatoms. The van der Waals surface area contributed by atoms with Crippen LogP contribution in [0.15, 0.2) is 18.2 Å². The number of hydrogen-bond acceptors (Lipinski definition) is 3. The normalized spacial score (nSPS) is 10.1. The van der Waals surface area contributed by atoms with Crippen LogP contribution < -0.4 is 5.32 Å². The first kappa shape index (κ1) is 12.7. The number of carbonyl (C=O) groups excluding carboxylic acids is 1. The van der Waals surface area contributed by atoms with Crippen molar-refractivity contribution in [1.29, 1.82) is 0 Å². The highest BCUT2D eigenvalue weighted by Crippen LogP contribution is 2.08. The number of carbonyl (C=O) groups is 1. The third kappa shape index (κ3) is 3.66. The highest BCUT2D eigenvalue weighted by Gasteiger charge is 2.04. The Morgan fingerprint density at radius 1 is 1.50 bits per heavy atom. The molecule has 0 bridgehead atoms. The van der Waals surface area contributed by atoms with Crippen LogP contribution >= 0.6 is 12.2 Å². The summed E-state index contributed by atoms with van der Waals surface area (Å²) in [6, 6.07) is 4.88.